The third-order valence-corrected chi connectivity index (χ3v) is 5.65. The molecule has 1 amide bonds. The molecule has 0 aliphatic heterocycles. The molecule has 1 aromatic heterocycles. The summed E-state index contributed by atoms with van der Waals surface area (Å²) < 4.78 is 5.45. The van der Waals surface area contributed by atoms with Crippen LogP contribution in [0.25, 0.3) is 11.3 Å². The van der Waals surface area contributed by atoms with E-state index in [0.717, 1.165) is 61.8 Å². The van der Waals surface area contributed by atoms with Gasteiger partial charge in [-0.1, -0.05) is 68.0 Å². The molecular weight excluding hydrogens is 398 g/mol. The fraction of sp³-hybridized carbons (Fsp3) is 0.321. The monoisotopic (exact) mass is 431 g/mol. The Morgan fingerprint density at radius 1 is 1.00 bits per heavy atom. The van der Waals surface area contributed by atoms with Crippen LogP contribution in [0.1, 0.15) is 50.5 Å². The highest BCUT2D eigenvalue weighted by atomic mass is 16.3. The maximum atomic E-state index is 11.8. The molecule has 32 heavy (non-hydrogen) atoms. The fourth-order valence-electron chi connectivity index (χ4n) is 3.91. The Labute approximate surface area is 191 Å². The summed E-state index contributed by atoms with van der Waals surface area (Å²) in [5.41, 5.74) is 4.64. The number of aliphatic hydroxyl groups is 1. The minimum absolute atomic E-state index is 0.274. The average molecular weight is 432 g/mol. The number of furan rings is 1. The highest BCUT2D eigenvalue weighted by Gasteiger charge is 2.11. The van der Waals surface area contributed by atoms with Crippen LogP contribution in [0.2, 0.25) is 0 Å². The number of rotatable bonds is 13. The number of allylic oxidation sites excluding steroid dienone is 5. The molecule has 0 spiro atoms. The molecule has 0 radical (unpaired) electrons. The summed E-state index contributed by atoms with van der Waals surface area (Å²) >= 11 is 0. The van der Waals surface area contributed by atoms with Crippen LogP contribution in [0.15, 0.2) is 94.9 Å². The maximum absolute atomic E-state index is 11.8. The lowest BCUT2D eigenvalue weighted by Gasteiger charge is -2.20. The molecule has 1 heterocycles. The maximum Gasteiger partial charge on any atom is 0.210 e. The van der Waals surface area contributed by atoms with Crippen molar-refractivity contribution in [1.29, 1.82) is 0 Å². The SMILES string of the molecule is C=C(O)CCCCCCC1=C(CN(C=O)Cc2ccc(-c3ccco3)cc2)C=CCC=C1. The molecule has 3 rings (SSSR count). The van der Waals surface area contributed by atoms with Crippen LogP contribution in [0, 0.1) is 0 Å². The highest BCUT2D eigenvalue weighted by Crippen LogP contribution is 2.23. The molecule has 0 saturated carbocycles. The van der Waals surface area contributed by atoms with Crippen LogP contribution in [-0.4, -0.2) is 23.0 Å². The van der Waals surface area contributed by atoms with Gasteiger partial charge in [0, 0.05) is 25.1 Å². The molecule has 0 bridgehead atoms. The fourth-order valence-corrected chi connectivity index (χ4v) is 3.91. The number of unbranched alkanes of at least 4 members (excludes halogenated alkanes) is 3. The molecule has 0 saturated heterocycles. The normalized spacial score (nSPS) is 13.2. The Morgan fingerprint density at radius 2 is 1.75 bits per heavy atom. The Bertz CT molecular complexity index is 949. The van der Waals surface area contributed by atoms with Gasteiger partial charge in [-0.05, 0) is 54.5 Å². The molecule has 4 nitrogen and oxygen atoms in total. The van der Waals surface area contributed by atoms with Crippen molar-refractivity contribution in [2.45, 2.75) is 51.5 Å². The van der Waals surface area contributed by atoms with Gasteiger partial charge in [0.05, 0.1) is 12.0 Å². The van der Waals surface area contributed by atoms with Crippen LogP contribution < -0.4 is 0 Å². The second-order valence-electron chi connectivity index (χ2n) is 8.26. The zero-order chi connectivity index (χ0) is 22.6. The van der Waals surface area contributed by atoms with Gasteiger partial charge in [0.25, 0.3) is 0 Å². The minimum Gasteiger partial charge on any atom is -0.513 e. The predicted molar refractivity (Wildman–Crippen MR) is 130 cm³/mol. The van der Waals surface area contributed by atoms with Crippen molar-refractivity contribution < 1.29 is 14.3 Å². The molecule has 1 aliphatic carbocycles. The number of amides is 1. The van der Waals surface area contributed by atoms with Crippen molar-refractivity contribution >= 4 is 6.41 Å². The van der Waals surface area contributed by atoms with Crippen molar-refractivity contribution in [2.75, 3.05) is 6.54 Å². The standard InChI is InChI=1S/C28H33NO3/c1-23(31)10-5-2-3-6-11-25-12-7-4-8-13-27(25)21-29(22-30)20-24-15-17-26(18-16-24)28-14-9-19-32-28/h7-9,12-19,22,31H,1-6,10-11,20-21H2. The average Bonchev–Trinajstić information content (AvgIpc) is 3.24. The molecule has 0 fully saturated rings. The first-order valence-corrected chi connectivity index (χ1v) is 11.4. The Morgan fingerprint density at radius 3 is 2.44 bits per heavy atom. The van der Waals surface area contributed by atoms with Gasteiger partial charge in [-0.3, -0.25) is 4.79 Å². The summed E-state index contributed by atoms with van der Waals surface area (Å²) in [5.74, 6) is 1.12. The van der Waals surface area contributed by atoms with Gasteiger partial charge >= 0.3 is 0 Å². The van der Waals surface area contributed by atoms with Gasteiger partial charge in [-0.2, -0.15) is 0 Å². The number of carbonyl (C=O) groups is 1. The van der Waals surface area contributed by atoms with Crippen LogP contribution in [0.5, 0.6) is 0 Å². The van der Waals surface area contributed by atoms with Gasteiger partial charge in [0.2, 0.25) is 6.41 Å². The van der Waals surface area contributed by atoms with Gasteiger partial charge in [0.15, 0.2) is 0 Å². The van der Waals surface area contributed by atoms with E-state index in [1.807, 2.05) is 41.3 Å². The molecule has 1 aromatic carbocycles. The zero-order valence-corrected chi connectivity index (χ0v) is 18.7. The van der Waals surface area contributed by atoms with Crippen molar-refractivity contribution in [3.05, 3.63) is 96.0 Å². The number of nitrogens with zero attached hydrogens (tertiary/aromatic N) is 1. The van der Waals surface area contributed by atoms with Crippen LogP contribution >= 0.6 is 0 Å². The summed E-state index contributed by atoms with van der Waals surface area (Å²) in [7, 11) is 0. The molecule has 4 heteroatoms. The van der Waals surface area contributed by atoms with Crippen molar-refractivity contribution in [1.82, 2.24) is 4.90 Å². The number of hydrogen-bond acceptors (Lipinski definition) is 3. The van der Waals surface area contributed by atoms with Gasteiger partial charge in [-0.25, -0.2) is 0 Å². The third-order valence-electron chi connectivity index (χ3n) is 5.65. The second kappa shape index (κ2) is 12.6. The Hall–Kier alpha value is -3.27. The number of benzene rings is 1. The zero-order valence-electron chi connectivity index (χ0n) is 18.7. The molecule has 0 atom stereocenters. The lowest BCUT2D eigenvalue weighted by atomic mass is 10.00. The molecular formula is C28H33NO3. The lowest BCUT2D eigenvalue weighted by Crippen LogP contribution is -2.24. The van der Waals surface area contributed by atoms with E-state index in [0.29, 0.717) is 19.5 Å². The Kier molecular flexibility index (Phi) is 9.18. The van der Waals surface area contributed by atoms with E-state index in [9.17, 15) is 9.90 Å². The first-order valence-electron chi connectivity index (χ1n) is 11.4. The topological polar surface area (TPSA) is 53.7 Å². The highest BCUT2D eigenvalue weighted by molar-refractivity contribution is 5.57. The summed E-state index contributed by atoms with van der Waals surface area (Å²) in [4.78, 5) is 13.7. The van der Waals surface area contributed by atoms with Crippen molar-refractivity contribution in [2.24, 2.45) is 0 Å². The smallest absolute Gasteiger partial charge is 0.210 e. The van der Waals surface area contributed by atoms with Gasteiger partial charge in [-0.15, -0.1) is 0 Å². The summed E-state index contributed by atoms with van der Waals surface area (Å²) in [6.07, 6.45) is 18.2. The summed E-state index contributed by atoms with van der Waals surface area (Å²) in [6.45, 7) is 4.71. The number of carbonyl (C=O) groups excluding carboxylic acids is 1. The van der Waals surface area contributed by atoms with Gasteiger partial charge in [0.1, 0.15) is 5.76 Å². The quantitative estimate of drug-likeness (QED) is 0.208. The van der Waals surface area contributed by atoms with E-state index >= 15 is 0 Å². The largest absolute Gasteiger partial charge is 0.513 e. The van der Waals surface area contributed by atoms with Gasteiger partial charge < -0.3 is 14.4 Å². The van der Waals surface area contributed by atoms with E-state index < -0.39 is 0 Å². The van der Waals surface area contributed by atoms with Crippen LogP contribution in [0.4, 0.5) is 0 Å². The summed E-state index contributed by atoms with van der Waals surface area (Å²) in [6, 6.07) is 12.0. The van der Waals surface area contributed by atoms with E-state index in [2.05, 4.69) is 30.9 Å². The molecule has 1 aliphatic rings. The van der Waals surface area contributed by atoms with Crippen molar-refractivity contribution in [3.8, 4) is 11.3 Å². The van der Waals surface area contributed by atoms with E-state index in [-0.39, 0.29) is 5.76 Å². The second-order valence-corrected chi connectivity index (χ2v) is 8.26. The van der Waals surface area contributed by atoms with E-state index in [1.165, 1.54) is 11.1 Å². The lowest BCUT2D eigenvalue weighted by molar-refractivity contribution is -0.118. The molecule has 1 N–H and O–H groups in total. The first kappa shape index (κ1) is 23.4. The van der Waals surface area contributed by atoms with E-state index in [4.69, 9.17) is 4.42 Å². The number of hydrogen-bond donors (Lipinski definition) is 1. The predicted octanol–water partition coefficient (Wildman–Crippen LogP) is 7.13. The molecule has 168 valence electrons. The molecule has 0 unspecified atom stereocenters. The Balaban J connectivity index is 1.58. The third kappa shape index (κ3) is 7.45. The van der Waals surface area contributed by atoms with Crippen LogP contribution in [0.3, 0.4) is 0 Å². The number of aliphatic hydroxyl groups excluding tert-OH is 1. The minimum atomic E-state index is 0.274. The molecule has 2 aromatic rings. The van der Waals surface area contributed by atoms with E-state index in [1.54, 1.807) is 6.26 Å². The van der Waals surface area contributed by atoms with Crippen LogP contribution in [-0.2, 0) is 11.3 Å². The first-order chi connectivity index (χ1) is 15.7. The summed E-state index contributed by atoms with van der Waals surface area (Å²) in [5, 5.41) is 9.19. The van der Waals surface area contributed by atoms with Crippen molar-refractivity contribution in [3.63, 3.8) is 0 Å².